The van der Waals surface area contributed by atoms with E-state index >= 15 is 0 Å². The maximum atomic E-state index is 11.9. The van der Waals surface area contributed by atoms with E-state index in [0.29, 0.717) is 11.7 Å². The van der Waals surface area contributed by atoms with Crippen molar-refractivity contribution in [3.8, 4) is 0 Å². The third kappa shape index (κ3) is 3.70. The van der Waals surface area contributed by atoms with Crippen LogP contribution in [0.15, 0.2) is 18.3 Å². The molecule has 5 heteroatoms. The van der Waals surface area contributed by atoms with Crippen molar-refractivity contribution in [2.24, 2.45) is 0 Å². The number of pyridine rings is 1. The van der Waals surface area contributed by atoms with Gasteiger partial charge in [-0.1, -0.05) is 6.92 Å². The highest BCUT2D eigenvalue weighted by atomic mass is 16.2. The standard InChI is InChI=1S/C15H24N4O/c1-4-19-9-6-12(7-10-19)17-13-5-8-16-14(11-13)15(20)18(2)3/h5,8,11-12H,4,6-7,9-10H2,1-3H3,(H,16,17). The zero-order chi connectivity index (χ0) is 14.5. The van der Waals surface area contributed by atoms with Gasteiger partial charge in [-0.05, 0) is 31.5 Å². The molecular weight excluding hydrogens is 252 g/mol. The summed E-state index contributed by atoms with van der Waals surface area (Å²) in [6, 6.07) is 4.26. The minimum absolute atomic E-state index is 0.0607. The highest BCUT2D eigenvalue weighted by molar-refractivity contribution is 5.92. The molecule has 0 bridgehead atoms. The lowest BCUT2D eigenvalue weighted by Crippen LogP contribution is -2.38. The number of anilines is 1. The molecule has 0 unspecified atom stereocenters. The third-order valence-electron chi connectivity index (χ3n) is 3.79. The van der Waals surface area contributed by atoms with Crippen LogP contribution in [-0.4, -0.2) is 60.5 Å². The Morgan fingerprint density at radius 1 is 1.45 bits per heavy atom. The summed E-state index contributed by atoms with van der Waals surface area (Å²) in [5.74, 6) is -0.0607. The van der Waals surface area contributed by atoms with Crippen molar-refractivity contribution in [1.82, 2.24) is 14.8 Å². The van der Waals surface area contributed by atoms with Crippen LogP contribution in [0.2, 0.25) is 0 Å². The number of amides is 1. The number of rotatable bonds is 4. The fourth-order valence-corrected chi connectivity index (χ4v) is 2.50. The molecule has 1 saturated heterocycles. The Kier molecular flexibility index (Phi) is 4.95. The van der Waals surface area contributed by atoms with Crippen molar-refractivity contribution < 1.29 is 4.79 Å². The predicted octanol–water partition coefficient (Wildman–Crippen LogP) is 1.68. The van der Waals surface area contributed by atoms with E-state index in [1.807, 2.05) is 12.1 Å². The van der Waals surface area contributed by atoms with Crippen LogP contribution in [-0.2, 0) is 0 Å². The van der Waals surface area contributed by atoms with E-state index < -0.39 is 0 Å². The number of nitrogens with zero attached hydrogens (tertiary/aromatic N) is 3. The zero-order valence-corrected chi connectivity index (χ0v) is 12.6. The lowest BCUT2D eigenvalue weighted by atomic mass is 10.0. The van der Waals surface area contributed by atoms with Gasteiger partial charge in [-0.3, -0.25) is 9.78 Å². The summed E-state index contributed by atoms with van der Waals surface area (Å²) in [6.07, 6.45) is 3.99. The summed E-state index contributed by atoms with van der Waals surface area (Å²) in [6.45, 7) is 5.62. The van der Waals surface area contributed by atoms with Gasteiger partial charge in [-0.15, -0.1) is 0 Å². The van der Waals surface area contributed by atoms with Gasteiger partial charge >= 0.3 is 0 Å². The summed E-state index contributed by atoms with van der Waals surface area (Å²) < 4.78 is 0. The Hall–Kier alpha value is -1.62. The van der Waals surface area contributed by atoms with Crippen LogP contribution in [0.25, 0.3) is 0 Å². The summed E-state index contributed by atoms with van der Waals surface area (Å²) in [5.41, 5.74) is 1.48. The maximum absolute atomic E-state index is 11.9. The van der Waals surface area contributed by atoms with Crippen LogP contribution < -0.4 is 5.32 Å². The number of likely N-dealkylation sites (tertiary alicyclic amines) is 1. The molecule has 110 valence electrons. The van der Waals surface area contributed by atoms with Crippen molar-refractivity contribution in [1.29, 1.82) is 0 Å². The Morgan fingerprint density at radius 2 is 2.15 bits per heavy atom. The van der Waals surface area contributed by atoms with Gasteiger partial charge in [0.25, 0.3) is 5.91 Å². The van der Waals surface area contributed by atoms with Crippen LogP contribution in [0.4, 0.5) is 5.69 Å². The number of nitrogens with one attached hydrogen (secondary N) is 1. The molecule has 20 heavy (non-hydrogen) atoms. The van der Waals surface area contributed by atoms with Gasteiger partial charge in [-0.25, -0.2) is 0 Å². The van der Waals surface area contributed by atoms with Gasteiger partial charge in [0.15, 0.2) is 0 Å². The normalized spacial score (nSPS) is 16.9. The molecule has 0 spiro atoms. The van der Waals surface area contributed by atoms with Crippen LogP contribution in [0, 0.1) is 0 Å². The smallest absolute Gasteiger partial charge is 0.272 e. The summed E-state index contributed by atoms with van der Waals surface area (Å²) >= 11 is 0. The number of aromatic nitrogens is 1. The fraction of sp³-hybridized carbons (Fsp3) is 0.600. The molecule has 0 aliphatic carbocycles. The maximum Gasteiger partial charge on any atom is 0.272 e. The van der Waals surface area contributed by atoms with Crippen molar-refractivity contribution in [2.45, 2.75) is 25.8 Å². The first-order valence-electron chi connectivity index (χ1n) is 7.26. The quantitative estimate of drug-likeness (QED) is 0.909. The second-order valence-electron chi connectivity index (χ2n) is 5.48. The highest BCUT2D eigenvalue weighted by Gasteiger charge is 2.18. The lowest BCUT2D eigenvalue weighted by Gasteiger charge is -2.32. The van der Waals surface area contributed by atoms with E-state index in [0.717, 1.165) is 38.2 Å². The van der Waals surface area contributed by atoms with E-state index in [4.69, 9.17) is 0 Å². The average Bonchev–Trinajstić information content (AvgIpc) is 2.47. The molecule has 0 saturated carbocycles. The Bertz CT molecular complexity index is 453. The van der Waals surface area contributed by atoms with E-state index in [2.05, 4.69) is 22.1 Å². The largest absolute Gasteiger partial charge is 0.382 e. The molecule has 2 rings (SSSR count). The molecule has 1 aromatic rings. The second kappa shape index (κ2) is 6.70. The molecule has 1 fully saturated rings. The molecule has 1 N–H and O–H groups in total. The molecule has 0 atom stereocenters. The highest BCUT2D eigenvalue weighted by Crippen LogP contribution is 2.17. The molecule has 5 nitrogen and oxygen atoms in total. The fourth-order valence-electron chi connectivity index (χ4n) is 2.50. The van der Waals surface area contributed by atoms with Crippen LogP contribution in [0.3, 0.4) is 0 Å². The van der Waals surface area contributed by atoms with Crippen molar-refractivity contribution >= 4 is 11.6 Å². The summed E-state index contributed by atoms with van der Waals surface area (Å²) in [5, 5.41) is 3.52. The Labute approximate surface area is 121 Å². The molecule has 0 aromatic carbocycles. The van der Waals surface area contributed by atoms with Gasteiger partial charge in [0.1, 0.15) is 5.69 Å². The Morgan fingerprint density at radius 3 is 2.75 bits per heavy atom. The van der Waals surface area contributed by atoms with Crippen LogP contribution in [0.5, 0.6) is 0 Å². The summed E-state index contributed by atoms with van der Waals surface area (Å²) in [4.78, 5) is 20.1. The first kappa shape index (κ1) is 14.8. The summed E-state index contributed by atoms with van der Waals surface area (Å²) in [7, 11) is 3.48. The minimum atomic E-state index is -0.0607. The van der Waals surface area contributed by atoms with Crippen LogP contribution >= 0.6 is 0 Å². The van der Waals surface area contributed by atoms with Gasteiger partial charge in [0.2, 0.25) is 0 Å². The van der Waals surface area contributed by atoms with Crippen molar-refractivity contribution in [2.75, 3.05) is 39.0 Å². The molecule has 1 amide bonds. The zero-order valence-electron chi connectivity index (χ0n) is 12.6. The molecule has 0 radical (unpaired) electrons. The topological polar surface area (TPSA) is 48.5 Å². The van der Waals surface area contributed by atoms with Crippen molar-refractivity contribution in [3.05, 3.63) is 24.0 Å². The number of hydrogen-bond acceptors (Lipinski definition) is 4. The molecule has 2 heterocycles. The van der Waals surface area contributed by atoms with Crippen molar-refractivity contribution in [3.63, 3.8) is 0 Å². The Balaban J connectivity index is 1.97. The molecule has 1 aromatic heterocycles. The van der Waals surface area contributed by atoms with E-state index in [-0.39, 0.29) is 5.91 Å². The number of carbonyl (C=O) groups is 1. The van der Waals surface area contributed by atoms with Crippen LogP contribution in [0.1, 0.15) is 30.3 Å². The third-order valence-corrected chi connectivity index (χ3v) is 3.79. The monoisotopic (exact) mass is 276 g/mol. The predicted molar refractivity (Wildman–Crippen MR) is 81.0 cm³/mol. The van der Waals surface area contributed by atoms with Gasteiger partial charge in [0.05, 0.1) is 0 Å². The minimum Gasteiger partial charge on any atom is -0.382 e. The second-order valence-corrected chi connectivity index (χ2v) is 5.48. The molecule has 1 aliphatic heterocycles. The number of hydrogen-bond donors (Lipinski definition) is 1. The number of piperidine rings is 1. The lowest BCUT2D eigenvalue weighted by molar-refractivity contribution is 0.0822. The molecule has 1 aliphatic rings. The first-order chi connectivity index (χ1) is 9.60. The first-order valence-corrected chi connectivity index (χ1v) is 7.26. The van der Waals surface area contributed by atoms with Gasteiger partial charge in [-0.2, -0.15) is 0 Å². The van der Waals surface area contributed by atoms with E-state index in [1.54, 1.807) is 25.2 Å². The van der Waals surface area contributed by atoms with Gasteiger partial charge < -0.3 is 15.1 Å². The molecular formula is C15H24N4O. The van der Waals surface area contributed by atoms with E-state index in [1.165, 1.54) is 0 Å². The SMILES string of the molecule is CCN1CCC(Nc2ccnc(C(=O)N(C)C)c2)CC1. The van der Waals surface area contributed by atoms with E-state index in [9.17, 15) is 4.79 Å². The average molecular weight is 276 g/mol. The number of carbonyl (C=O) groups excluding carboxylic acids is 1. The van der Waals surface area contributed by atoms with Gasteiger partial charge in [0, 0.05) is 45.1 Å².